The molecule has 0 spiro atoms. The van der Waals surface area contributed by atoms with E-state index in [9.17, 15) is 27.9 Å². The van der Waals surface area contributed by atoms with E-state index in [2.05, 4.69) is 37.9 Å². The number of halogens is 3. The first-order valence-electron chi connectivity index (χ1n) is 10.9. The minimum absolute atomic E-state index is 0.198. The van der Waals surface area contributed by atoms with E-state index in [1.54, 1.807) is 30.3 Å². The number of amides is 1. The van der Waals surface area contributed by atoms with Crippen LogP contribution in [0, 0.1) is 18.8 Å². The summed E-state index contributed by atoms with van der Waals surface area (Å²) in [5.41, 5.74) is 2.89. The average Bonchev–Trinajstić information content (AvgIpc) is 2.72. The molecule has 0 fully saturated rings. The van der Waals surface area contributed by atoms with Gasteiger partial charge in [0.15, 0.2) is 0 Å². The van der Waals surface area contributed by atoms with Crippen LogP contribution in [0.2, 0.25) is 0 Å². The molecule has 0 unspecified atom stereocenters. The second-order valence-electron chi connectivity index (χ2n) is 8.86. The molecule has 2 aromatic carbocycles. The maximum atomic E-state index is 12.5. The second kappa shape index (κ2) is 12.8. The predicted molar refractivity (Wildman–Crippen MR) is 128 cm³/mol. The highest BCUT2D eigenvalue weighted by Crippen LogP contribution is 2.27. The molecule has 0 aliphatic carbocycles. The van der Waals surface area contributed by atoms with Crippen LogP contribution in [0.5, 0.6) is 0 Å². The van der Waals surface area contributed by atoms with Gasteiger partial charge in [-0.05, 0) is 49.1 Å². The highest BCUT2D eigenvalue weighted by Gasteiger charge is 2.38. The van der Waals surface area contributed by atoms with E-state index in [1.165, 1.54) is 0 Å². The maximum Gasteiger partial charge on any atom is 0.490 e. The van der Waals surface area contributed by atoms with E-state index in [0.29, 0.717) is 28.8 Å². The Labute approximate surface area is 202 Å². The van der Waals surface area contributed by atoms with Gasteiger partial charge in [-0.15, -0.1) is 0 Å². The summed E-state index contributed by atoms with van der Waals surface area (Å²) >= 11 is 0. The van der Waals surface area contributed by atoms with Crippen molar-refractivity contribution in [2.45, 2.75) is 40.8 Å². The Bertz CT molecular complexity index is 1030. The molecule has 0 saturated carbocycles. The summed E-state index contributed by atoms with van der Waals surface area (Å²) in [6.45, 7) is 11.9. The number of alkyl halides is 3. The van der Waals surface area contributed by atoms with E-state index < -0.39 is 18.1 Å². The summed E-state index contributed by atoms with van der Waals surface area (Å²) in [4.78, 5) is 35.4. The third-order valence-corrected chi connectivity index (χ3v) is 4.52. The van der Waals surface area contributed by atoms with Crippen LogP contribution >= 0.6 is 0 Å². The van der Waals surface area contributed by atoms with Crippen LogP contribution < -0.4 is 10.2 Å². The number of aliphatic carboxylic acids is 1. The number of hydrogen-bond donors (Lipinski definition) is 3. The SMILES string of the molecule is Cc1cccc(C(=O)Nc2ccc(N(CC(C)C)CC(C)C)c(C(=O)O)c2)c1.O=C(O)C(F)(F)F. The number of anilines is 2. The summed E-state index contributed by atoms with van der Waals surface area (Å²) in [5, 5.41) is 19.7. The van der Waals surface area contributed by atoms with Crippen molar-refractivity contribution in [3.05, 3.63) is 59.2 Å². The highest BCUT2D eigenvalue weighted by atomic mass is 19.4. The van der Waals surface area contributed by atoms with Crippen molar-refractivity contribution in [1.29, 1.82) is 0 Å². The number of carboxylic acid groups (broad SMARTS) is 2. The topological polar surface area (TPSA) is 107 Å². The number of benzene rings is 2. The van der Waals surface area contributed by atoms with Gasteiger partial charge >= 0.3 is 18.1 Å². The van der Waals surface area contributed by atoms with E-state index in [1.807, 2.05) is 19.1 Å². The number of carbonyl (C=O) groups excluding carboxylic acids is 1. The molecular weight excluding hydrogens is 465 g/mol. The molecule has 2 aromatic rings. The van der Waals surface area contributed by atoms with E-state index in [0.717, 1.165) is 18.7 Å². The molecule has 0 radical (unpaired) electrons. The molecule has 0 aliphatic rings. The second-order valence-corrected chi connectivity index (χ2v) is 8.86. The fourth-order valence-corrected chi connectivity index (χ4v) is 3.20. The standard InChI is InChI=1S/C23H30N2O3.C2HF3O2/c1-15(2)13-25(14-16(3)4)21-10-9-19(12-20(21)23(27)28)24-22(26)18-8-6-7-17(5)11-18;3-2(4,5)1(6)7/h6-12,15-16H,13-14H2,1-5H3,(H,24,26)(H,27,28);(H,6,7). The van der Waals surface area contributed by atoms with Crippen molar-refractivity contribution in [1.82, 2.24) is 0 Å². The van der Waals surface area contributed by atoms with E-state index in [-0.39, 0.29) is 11.5 Å². The maximum absolute atomic E-state index is 12.5. The van der Waals surface area contributed by atoms with E-state index in [4.69, 9.17) is 9.90 Å². The van der Waals surface area contributed by atoms with Crippen molar-refractivity contribution in [3.8, 4) is 0 Å². The van der Waals surface area contributed by atoms with Gasteiger partial charge in [-0.1, -0.05) is 45.4 Å². The Morgan fingerprint density at radius 3 is 1.91 bits per heavy atom. The number of nitrogens with zero attached hydrogens (tertiary/aromatic N) is 1. The molecule has 7 nitrogen and oxygen atoms in total. The van der Waals surface area contributed by atoms with Crippen LogP contribution in [0.1, 0.15) is 54.0 Å². The summed E-state index contributed by atoms with van der Waals surface area (Å²) in [6, 6.07) is 12.4. The van der Waals surface area contributed by atoms with Crippen LogP contribution in [0.15, 0.2) is 42.5 Å². The molecule has 0 aromatic heterocycles. The Balaban J connectivity index is 0.000000762. The number of nitrogens with one attached hydrogen (secondary N) is 1. The molecule has 10 heteroatoms. The first kappa shape index (κ1) is 29.5. The molecular formula is C25H31F3N2O5. The smallest absolute Gasteiger partial charge is 0.478 e. The Hall–Kier alpha value is -3.56. The van der Waals surface area contributed by atoms with Crippen molar-refractivity contribution >= 4 is 29.2 Å². The zero-order valence-electron chi connectivity index (χ0n) is 20.3. The van der Waals surface area contributed by atoms with Gasteiger partial charge in [0.05, 0.1) is 11.3 Å². The zero-order chi connectivity index (χ0) is 26.9. The summed E-state index contributed by atoms with van der Waals surface area (Å²) in [6.07, 6.45) is -5.08. The quantitative estimate of drug-likeness (QED) is 0.433. The minimum atomic E-state index is -5.08. The fourth-order valence-electron chi connectivity index (χ4n) is 3.20. The average molecular weight is 497 g/mol. The number of aryl methyl sites for hydroxylation is 1. The van der Waals surface area contributed by atoms with Gasteiger partial charge in [0, 0.05) is 24.3 Å². The first-order valence-corrected chi connectivity index (χ1v) is 10.9. The Morgan fingerprint density at radius 1 is 0.943 bits per heavy atom. The van der Waals surface area contributed by atoms with Gasteiger partial charge < -0.3 is 20.4 Å². The molecule has 2 rings (SSSR count). The monoisotopic (exact) mass is 496 g/mol. The first-order chi connectivity index (χ1) is 16.1. The summed E-state index contributed by atoms with van der Waals surface area (Å²) in [7, 11) is 0. The molecule has 35 heavy (non-hydrogen) atoms. The Morgan fingerprint density at radius 2 is 1.49 bits per heavy atom. The molecule has 3 N–H and O–H groups in total. The van der Waals surface area contributed by atoms with Gasteiger partial charge in [0.1, 0.15) is 0 Å². The molecule has 0 saturated heterocycles. The fraction of sp³-hybridized carbons (Fsp3) is 0.400. The van der Waals surface area contributed by atoms with Crippen LogP contribution in [0.4, 0.5) is 24.5 Å². The summed E-state index contributed by atoms with van der Waals surface area (Å²) < 4.78 is 31.7. The van der Waals surface area contributed by atoms with Gasteiger partial charge in [0.25, 0.3) is 5.91 Å². The number of rotatable bonds is 8. The molecule has 1 amide bonds. The number of carboxylic acids is 2. The van der Waals surface area contributed by atoms with Gasteiger partial charge in [0.2, 0.25) is 0 Å². The Kier molecular flexibility index (Phi) is 10.8. The van der Waals surface area contributed by atoms with Gasteiger partial charge in [-0.2, -0.15) is 13.2 Å². The molecule has 192 valence electrons. The number of hydrogen-bond acceptors (Lipinski definition) is 4. The minimum Gasteiger partial charge on any atom is -0.478 e. The number of aromatic carboxylic acids is 1. The summed E-state index contributed by atoms with van der Waals surface area (Å²) in [5.74, 6) is -3.21. The predicted octanol–water partition coefficient (Wildman–Crippen LogP) is 5.70. The van der Waals surface area contributed by atoms with E-state index >= 15 is 0 Å². The van der Waals surface area contributed by atoms with Crippen molar-refractivity contribution in [2.24, 2.45) is 11.8 Å². The lowest BCUT2D eigenvalue weighted by Crippen LogP contribution is -2.32. The van der Waals surface area contributed by atoms with Crippen LogP contribution in [-0.2, 0) is 4.79 Å². The molecule has 0 bridgehead atoms. The van der Waals surface area contributed by atoms with Crippen molar-refractivity contribution in [3.63, 3.8) is 0 Å². The highest BCUT2D eigenvalue weighted by molar-refractivity contribution is 6.05. The third kappa shape index (κ3) is 10.1. The lowest BCUT2D eigenvalue weighted by Gasteiger charge is -2.30. The third-order valence-electron chi connectivity index (χ3n) is 4.52. The lowest BCUT2D eigenvalue weighted by molar-refractivity contribution is -0.192. The van der Waals surface area contributed by atoms with Crippen LogP contribution in [-0.4, -0.2) is 47.3 Å². The largest absolute Gasteiger partial charge is 0.490 e. The number of carbonyl (C=O) groups is 3. The van der Waals surface area contributed by atoms with Crippen molar-refractivity contribution in [2.75, 3.05) is 23.3 Å². The normalized spacial score (nSPS) is 11.0. The van der Waals surface area contributed by atoms with Crippen LogP contribution in [0.3, 0.4) is 0 Å². The molecule has 0 aliphatic heterocycles. The molecule has 0 atom stereocenters. The van der Waals surface area contributed by atoms with Gasteiger partial charge in [-0.25, -0.2) is 9.59 Å². The lowest BCUT2D eigenvalue weighted by atomic mass is 10.1. The van der Waals surface area contributed by atoms with Crippen LogP contribution in [0.25, 0.3) is 0 Å². The van der Waals surface area contributed by atoms with Crippen molar-refractivity contribution < 1.29 is 37.8 Å². The molecule has 0 heterocycles. The van der Waals surface area contributed by atoms with Gasteiger partial charge in [-0.3, -0.25) is 4.79 Å². The zero-order valence-corrected chi connectivity index (χ0v) is 20.3.